The summed E-state index contributed by atoms with van der Waals surface area (Å²) in [5, 5.41) is 3.12. The molecule has 0 radical (unpaired) electrons. The van der Waals surface area contributed by atoms with E-state index in [4.69, 9.17) is 4.74 Å². The van der Waals surface area contributed by atoms with Gasteiger partial charge in [0.25, 0.3) is 0 Å². The first-order valence-electron chi connectivity index (χ1n) is 9.98. The highest BCUT2D eigenvalue weighted by Gasteiger charge is 2.22. The largest absolute Gasteiger partial charge is 0.492 e. The maximum absolute atomic E-state index is 12.4. The summed E-state index contributed by atoms with van der Waals surface area (Å²) in [7, 11) is 0. The summed E-state index contributed by atoms with van der Waals surface area (Å²) < 4.78 is 7.75. The fourth-order valence-corrected chi connectivity index (χ4v) is 3.77. The van der Waals surface area contributed by atoms with Gasteiger partial charge in [0.05, 0.1) is 30.4 Å². The average Bonchev–Trinajstić information content (AvgIpc) is 3.33. The Kier molecular flexibility index (Phi) is 5.47. The first-order valence-corrected chi connectivity index (χ1v) is 9.98. The molecule has 0 bridgehead atoms. The van der Waals surface area contributed by atoms with Gasteiger partial charge in [0.2, 0.25) is 5.91 Å². The van der Waals surface area contributed by atoms with Crippen LogP contribution in [-0.4, -0.2) is 22.1 Å². The minimum Gasteiger partial charge on any atom is -0.492 e. The molecule has 2 aromatic carbocycles. The van der Waals surface area contributed by atoms with E-state index < -0.39 is 0 Å². The summed E-state index contributed by atoms with van der Waals surface area (Å²) in [6, 6.07) is 14.3. The van der Waals surface area contributed by atoms with Gasteiger partial charge in [0.15, 0.2) is 0 Å². The van der Waals surface area contributed by atoms with Gasteiger partial charge in [-0.25, -0.2) is 4.98 Å². The molecule has 1 aliphatic carbocycles. The monoisotopic (exact) mass is 387 g/mol. The van der Waals surface area contributed by atoms with Crippen LogP contribution in [0.2, 0.25) is 0 Å². The van der Waals surface area contributed by atoms with Crippen LogP contribution in [0, 0.1) is 6.92 Å². The number of fused-ring (bicyclic) bond motifs is 1. The molecule has 1 N–H and O–H groups in total. The first kappa shape index (κ1) is 19.0. The van der Waals surface area contributed by atoms with Crippen molar-refractivity contribution < 1.29 is 9.53 Å². The van der Waals surface area contributed by atoms with Crippen molar-refractivity contribution in [1.29, 1.82) is 0 Å². The van der Waals surface area contributed by atoms with Crippen molar-refractivity contribution in [2.75, 3.05) is 6.61 Å². The third-order valence-electron chi connectivity index (χ3n) is 5.15. The lowest BCUT2D eigenvalue weighted by Gasteiger charge is -2.13. The Morgan fingerprint density at radius 2 is 2.17 bits per heavy atom. The molecular formula is C24H25N3O2. The molecule has 0 saturated carbocycles. The Labute approximate surface area is 171 Å². The second kappa shape index (κ2) is 8.35. The van der Waals surface area contributed by atoms with Gasteiger partial charge < -0.3 is 14.6 Å². The number of aryl methyl sites for hydroxylation is 2. The van der Waals surface area contributed by atoms with Gasteiger partial charge in [-0.1, -0.05) is 30.3 Å². The lowest BCUT2D eigenvalue weighted by atomic mass is 10.1. The molecule has 1 aromatic heterocycles. The molecule has 29 heavy (non-hydrogen) atoms. The Bertz CT molecular complexity index is 1050. The number of amides is 1. The first-order chi connectivity index (χ1) is 14.1. The van der Waals surface area contributed by atoms with Gasteiger partial charge in [0, 0.05) is 12.3 Å². The van der Waals surface area contributed by atoms with Gasteiger partial charge in [-0.3, -0.25) is 4.79 Å². The van der Waals surface area contributed by atoms with E-state index in [2.05, 4.69) is 22.4 Å². The lowest BCUT2D eigenvalue weighted by molar-refractivity contribution is -0.117. The second-order valence-electron chi connectivity index (χ2n) is 7.21. The molecule has 1 unspecified atom stereocenters. The van der Waals surface area contributed by atoms with Crippen molar-refractivity contribution in [2.45, 2.75) is 32.7 Å². The minimum absolute atomic E-state index is 0.0843. The molecule has 0 saturated heterocycles. The molecule has 1 atom stereocenters. The van der Waals surface area contributed by atoms with Gasteiger partial charge in [-0.2, -0.15) is 0 Å². The number of hydrogen-bond donors (Lipinski definition) is 1. The zero-order valence-corrected chi connectivity index (χ0v) is 16.8. The van der Waals surface area contributed by atoms with E-state index >= 15 is 0 Å². The number of carbonyl (C=O) groups is 1. The number of hydrogen-bond acceptors (Lipinski definition) is 3. The Hall–Kier alpha value is -3.34. The predicted octanol–water partition coefficient (Wildman–Crippen LogP) is 4.40. The number of ether oxygens (including phenoxy) is 1. The van der Waals surface area contributed by atoms with E-state index in [0.29, 0.717) is 6.61 Å². The summed E-state index contributed by atoms with van der Waals surface area (Å²) in [4.78, 5) is 16.7. The molecular weight excluding hydrogens is 362 g/mol. The van der Waals surface area contributed by atoms with Gasteiger partial charge in [-0.15, -0.1) is 0 Å². The van der Waals surface area contributed by atoms with Crippen molar-refractivity contribution in [3.63, 3.8) is 0 Å². The van der Waals surface area contributed by atoms with E-state index in [1.807, 2.05) is 61.0 Å². The zero-order valence-electron chi connectivity index (χ0n) is 16.8. The summed E-state index contributed by atoms with van der Waals surface area (Å²) in [5.41, 5.74) is 5.34. The molecule has 1 aliphatic rings. The SMILES string of the molecule is CCOc1cc(C=CC(=O)NC2CCc3ccccc32)ccc1-n1cnc(C)c1. The van der Waals surface area contributed by atoms with Gasteiger partial charge in [-0.05, 0) is 61.6 Å². The molecule has 0 spiro atoms. The Morgan fingerprint density at radius 3 is 2.97 bits per heavy atom. The predicted molar refractivity (Wildman–Crippen MR) is 114 cm³/mol. The highest BCUT2D eigenvalue weighted by molar-refractivity contribution is 5.92. The van der Waals surface area contributed by atoms with Crippen LogP contribution in [0.4, 0.5) is 0 Å². The third-order valence-corrected chi connectivity index (χ3v) is 5.15. The van der Waals surface area contributed by atoms with E-state index in [0.717, 1.165) is 35.5 Å². The molecule has 3 aromatic rings. The molecule has 1 heterocycles. The van der Waals surface area contributed by atoms with Crippen LogP contribution >= 0.6 is 0 Å². The van der Waals surface area contributed by atoms with Crippen molar-refractivity contribution >= 4 is 12.0 Å². The minimum atomic E-state index is -0.0843. The number of nitrogens with zero attached hydrogens (tertiary/aromatic N) is 2. The molecule has 5 nitrogen and oxygen atoms in total. The zero-order chi connectivity index (χ0) is 20.2. The molecule has 0 aliphatic heterocycles. The maximum atomic E-state index is 12.4. The quantitative estimate of drug-likeness (QED) is 0.638. The second-order valence-corrected chi connectivity index (χ2v) is 7.21. The smallest absolute Gasteiger partial charge is 0.244 e. The molecule has 5 heteroatoms. The number of aromatic nitrogens is 2. The summed E-state index contributed by atoms with van der Waals surface area (Å²) in [6.07, 6.45) is 9.11. The van der Waals surface area contributed by atoms with Crippen LogP contribution < -0.4 is 10.1 Å². The average molecular weight is 387 g/mol. The lowest BCUT2D eigenvalue weighted by Crippen LogP contribution is -2.25. The fourth-order valence-electron chi connectivity index (χ4n) is 3.77. The van der Waals surface area contributed by atoms with Crippen LogP contribution in [0.5, 0.6) is 5.75 Å². The number of benzene rings is 2. The highest BCUT2D eigenvalue weighted by Crippen LogP contribution is 2.30. The van der Waals surface area contributed by atoms with E-state index in [-0.39, 0.29) is 11.9 Å². The number of carbonyl (C=O) groups excluding carboxylic acids is 1. The van der Waals surface area contributed by atoms with Crippen molar-refractivity contribution in [3.8, 4) is 11.4 Å². The molecule has 148 valence electrons. The standard InChI is InChI=1S/C24H25N3O2/c1-3-29-23-14-18(8-12-22(23)27-15-17(2)25-16-27)9-13-24(28)26-21-11-10-19-6-4-5-7-20(19)21/h4-9,12-16,21H,3,10-11H2,1-2H3,(H,26,28). The van der Waals surface area contributed by atoms with Crippen LogP contribution in [-0.2, 0) is 11.2 Å². The molecule has 4 rings (SSSR count). The molecule has 0 fully saturated rings. The van der Waals surface area contributed by atoms with Crippen LogP contribution in [0.25, 0.3) is 11.8 Å². The van der Waals surface area contributed by atoms with Crippen LogP contribution in [0.15, 0.2) is 61.1 Å². The number of rotatable bonds is 6. The van der Waals surface area contributed by atoms with E-state index in [9.17, 15) is 4.79 Å². The van der Waals surface area contributed by atoms with Crippen molar-refractivity contribution in [3.05, 3.63) is 83.4 Å². The fraction of sp³-hybridized carbons (Fsp3) is 0.250. The summed E-state index contributed by atoms with van der Waals surface area (Å²) >= 11 is 0. The van der Waals surface area contributed by atoms with Gasteiger partial charge >= 0.3 is 0 Å². The number of imidazole rings is 1. The van der Waals surface area contributed by atoms with Crippen LogP contribution in [0.3, 0.4) is 0 Å². The highest BCUT2D eigenvalue weighted by atomic mass is 16.5. The third kappa shape index (κ3) is 4.24. The number of nitrogens with one attached hydrogen (secondary N) is 1. The Morgan fingerprint density at radius 1 is 1.31 bits per heavy atom. The Balaban J connectivity index is 1.48. The van der Waals surface area contributed by atoms with Gasteiger partial charge in [0.1, 0.15) is 5.75 Å². The summed E-state index contributed by atoms with van der Waals surface area (Å²) in [6.45, 7) is 4.48. The van der Waals surface area contributed by atoms with E-state index in [1.54, 1.807) is 12.4 Å². The topological polar surface area (TPSA) is 56.1 Å². The molecule has 1 amide bonds. The van der Waals surface area contributed by atoms with Crippen molar-refractivity contribution in [1.82, 2.24) is 14.9 Å². The summed E-state index contributed by atoms with van der Waals surface area (Å²) in [5.74, 6) is 0.677. The maximum Gasteiger partial charge on any atom is 0.244 e. The van der Waals surface area contributed by atoms with Crippen molar-refractivity contribution in [2.24, 2.45) is 0 Å². The van der Waals surface area contributed by atoms with E-state index in [1.165, 1.54) is 11.1 Å². The van der Waals surface area contributed by atoms with Crippen LogP contribution in [0.1, 0.15) is 41.8 Å². The normalized spacial score (nSPS) is 15.4.